The number of rotatable bonds is 7. The fourth-order valence-electron chi connectivity index (χ4n) is 2.67. The van der Waals surface area contributed by atoms with Crippen LogP contribution in [0.15, 0.2) is 0 Å². The van der Waals surface area contributed by atoms with Crippen molar-refractivity contribution in [3.63, 3.8) is 0 Å². The lowest BCUT2D eigenvalue weighted by Crippen LogP contribution is -2.37. The molecule has 0 aromatic rings. The maximum atomic E-state index is 11.7. The summed E-state index contributed by atoms with van der Waals surface area (Å²) in [5, 5.41) is 3.60. The van der Waals surface area contributed by atoms with Gasteiger partial charge >= 0.3 is 5.97 Å². The molecule has 1 saturated carbocycles. The quantitative estimate of drug-likeness (QED) is 0.561. The van der Waals surface area contributed by atoms with Gasteiger partial charge < -0.3 is 10.1 Å². The van der Waals surface area contributed by atoms with Gasteiger partial charge in [0.1, 0.15) is 0 Å². The SMILES string of the molecule is CCOC(=O)C1CCCC(NCCCC(C)C)C1. The van der Waals surface area contributed by atoms with Gasteiger partial charge in [-0.25, -0.2) is 0 Å². The Morgan fingerprint density at radius 2 is 2.17 bits per heavy atom. The van der Waals surface area contributed by atoms with Crippen LogP contribution in [0.25, 0.3) is 0 Å². The molecule has 1 fully saturated rings. The van der Waals surface area contributed by atoms with Crippen molar-refractivity contribution in [1.82, 2.24) is 5.32 Å². The Kier molecular flexibility index (Phi) is 7.33. The molecule has 0 aliphatic heterocycles. The standard InChI is InChI=1S/C15H29NO2/c1-4-18-15(17)13-8-5-9-14(11-13)16-10-6-7-12(2)3/h12-14,16H,4-11H2,1-3H3. The summed E-state index contributed by atoms with van der Waals surface area (Å²) in [5.74, 6) is 0.915. The molecular formula is C15H29NO2. The number of carbonyl (C=O) groups is 1. The molecule has 0 heterocycles. The van der Waals surface area contributed by atoms with Crippen LogP contribution in [0.2, 0.25) is 0 Å². The Balaban J connectivity index is 2.20. The van der Waals surface area contributed by atoms with Crippen LogP contribution in [0.1, 0.15) is 59.3 Å². The lowest BCUT2D eigenvalue weighted by atomic mass is 9.85. The first kappa shape index (κ1) is 15.5. The Labute approximate surface area is 112 Å². The first-order chi connectivity index (χ1) is 8.63. The number of esters is 1. The van der Waals surface area contributed by atoms with E-state index in [0.717, 1.165) is 31.7 Å². The van der Waals surface area contributed by atoms with Crippen molar-refractivity contribution < 1.29 is 9.53 Å². The predicted molar refractivity (Wildman–Crippen MR) is 74.5 cm³/mol. The van der Waals surface area contributed by atoms with Gasteiger partial charge in [-0.3, -0.25) is 4.79 Å². The fraction of sp³-hybridized carbons (Fsp3) is 0.933. The maximum absolute atomic E-state index is 11.7. The third-order valence-electron chi connectivity index (χ3n) is 3.69. The number of hydrogen-bond donors (Lipinski definition) is 1. The van der Waals surface area contributed by atoms with Gasteiger partial charge in [-0.1, -0.05) is 20.3 Å². The second-order valence-corrected chi connectivity index (χ2v) is 5.80. The van der Waals surface area contributed by atoms with Gasteiger partial charge in [-0.15, -0.1) is 0 Å². The van der Waals surface area contributed by atoms with E-state index in [1.54, 1.807) is 0 Å². The fourth-order valence-corrected chi connectivity index (χ4v) is 2.67. The number of ether oxygens (including phenoxy) is 1. The number of carbonyl (C=O) groups excluding carboxylic acids is 1. The second-order valence-electron chi connectivity index (χ2n) is 5.80. The Hall–Kier alpha value is -0.570. The molecule has 18 heavy (non-hydrogen) atoms. The molecule has 1 rings (SSSR count). The molecule has 3 nitrogen and oxygen atoms in total. The van der Waals surface area contributed by atoms with Crippen molar-refractivity contribution in [1.29, 1.82) is 0 Å². The van der Waals surface area contributed by atoms with Gasteiger partial charge in [0.2, 0.25) is 0 Å². The Morgan fingerprint density at radius 1 is 1.39 bits per heavy atom. The molecule has 0 amide bonds. The Bertz CT molecular complexity index is 241. The van der Waals surface area contributed by atoms with Crippen LogP contribution >= 0.6 is 0 Å². The van der Waals surface area contributed by atoms with E-state index in [4.69, 9.17) is 4.74 Å². The highest BCUT2D eigenvalue weighted by Gasteiger charge is 2.27. The van der Waals surface area contributed by atoms with Gasteiger partial charge in [0.05, 0.1) is 12.5 Å². The van der Waals surface area contributed by atoms with Gasteiger partial charge in [0.25, 0.3) is 0 Å². The van der Waals surface area contributed by atoms with Crippen LogP contribution < -0.4 is 5.32 Å². The molecule has 2 unspecified atom stereocenters. The topological polar surface area (TPSA) is 38.3 Å². The zero-order valence-electron chi connectivity index (χ0n) is 12.2. The van der Waals surface area contributed by atoms with E-state index < -0.39 is 0 Å². The first-order valence-electron chi connectivity index (χ1n) is 7.53. The normalized spacial score (nSPS) is 24.2. The monoisotopic (exact) mass is 255 g/mol. The maximum Gasteiger partial charge on any atom is 0.308 e. The summed E-state index contributed by atoms with van der Waals surface area (Å²) in [5.41, 5.74) is 0. The highest BCUT2D eigenvalue weighted by Crippen LogP contribution is 2.25. The number of hydrogen-bond acceptors (Lipinski definition) is 3. The van der Waals surface area contributed by atoms with Crippen molar-refractivity contribution in [3.8, 4) is 0 Å². The molecule has 1 aliphatic rings. The smallest absolute Gasteiger partial charge is 0.308 e. The lowest BCUT2D eigenvalue weighted by molar-refractivity contribution is -0.149. The summed E-state index contributed by atoms with van der Waals surface area (Å²) in [6.07, 6.45) is 6.83. The molecule has 0 bridgehead atoms. The summed E-state index contributed by atoms with van der Waals surface area (Å²) in [6, 6.07) is 0.514. The Morgan fingerprint density at radius 3 is 2.83 bits per heavy atom. The molecule has 0 saturated heterocycles. The number of nitrogens with one attached hydrogen (secondary N) is 1. The zero-order valence-corrected chi connectivity index (χ0v) is 12.2. The largest absolute Gasteiger partial charge is 0.466 e. The van der Waals surface area contributed by atoms with E-state index in [-0.39, 0.29) is 11.9 Å². The molecule has 0 radical (unpaired) electrons. The van der Waals surface area contributed by atoms with Crippen LogP contribution in [0, 0.1) is 11.8 Å². The molecule has 0 spiro atoms. The molecule has 1 aliphatic carbocycles. The van der Waals surface area contributed by atoms with Crippen LogP contribution in [0.5, 0.6) is 0 Å². The van der Waals surface area contributed by atoms with Crippen molar-refractivity contribution in [2.75, 3.05) is 13.2 Å². The lowest BCUT2D eigenvalue weighted by Gasteiger charge is -2.28. The first-order valence-corrected chi connectivity index (χ1v) is 7.53. The third kappa shape index (κ3) is 5.85. The van der Waals surface area contributed by atoms with Crippen LogP contribution in [0.4, 0.5) is 0 Å². The van der Waals surface area contributed by atoms with E-state index in [1.165, 1.54) is 19.3 Å². The van der Waals surface area contributed by atoms with Crippen molar-refractivity contribution in [3.05, 3.63) is 0 Å². The summed E-state index contributed by atoms with van der Waals surface area (Å²) in [7, 11) is 0. The van der Waals surface area contributed by atoms with E-state index in [2.05, 4.69) is 19.2 Å². The van der Waals surface area contributed by atoms with E-state index >= 15 is 0 Å². The molecule has 1 N–H and O–H groups in total. The minimum absolute atomic E-state index is 0.00572. The van der Waals surface area contributed by atoms with Gasteiger partial charge in [-0.05, 0) is 51.5 Å². The van der Waals surface area contributed by atoms with Crippen LogP contribution in [-0.4, -0.2) is 25.2 Å². The minimum atomic E-state index is 0.00572. The molecule has 0 aromatic carbocycles. The van der Waals surface area contributed by atoms with E-state index in [1.807, 2.05) is 6.92 Å². The van der Waals surface area contributed by atoms with Crippen LogP contribution in [0.3, 0.4) is 0 Å². The molecular weight excluding hydrogens is 226 g/mol. The zero-order chi connectivity index (χ0) is 13.4. The van der Waals surface area contributed by atoms with Crippen LogP contribution in [-0.2, 0) is 9.53 Å². The highest BCUT2D eigenvalue weighted by molar-refractivity contribution is 5.72. The molecule has 106 valence electrons. The third-order valence-corrected chi connectivity index (χ3v) is 3.69. The van der Waals surface area contributed by atoms with Crippen molar-refractivity contribution in [2.24, 2.45) is 11.8 Å². The summed E-state index contributed by atoms with van der Waals surface area (Å²) in [4.78, 5) is 11.7. The van der Waals surface area contributed by atoms with Gasteiger partial charge in [-0.2, -0.15) is 0 Å². The summed E-state index contributed by atoms with van der Waals surface area (Å²) < 4.78 is 5.12. The predicted octanol–water partition coefficient (Wildman–Crippen LogP) is 3.13. The average Bonchev–Trinajstić information content (AvgIpc) is 2.35. The summed E-state index contributed by atoms with van der Waals surface area (Å²) in [6.45, 7) is 7.98. The van der Waals surface area contributed by atoms with Crippen molar-refractivity contribution >= 4 is 5.97 Å². The molecule has 0 aromatic heterocycles. The minimum Gasteiger partial charge on any atom is -0.466 e. The van der Waals surface area contributed by atoms with E-state index in [9.17, 15) is 4.79 Å². The van der Waals surface area contributed by atoms with Crippen molar-refractivity contribution in [2.45, 2.75) is 65.3 Å². The molecule has 3 heteroatoms. The van der Waals surface area contributed by atoms with E-state index in [0.29, 0.717) is 12.6 Å². The van der Waals surface area contributed by atoms with Gasteiger partial charge in [0, 0.05) is 6.04 Å². The summed E-state index contributed by atoms with van der Waals surface area (Å²) >= 11 is 0. The highest BCUT2D eigenvalue weighted by atomic mass is 16.5. The molecule has 2 atom stereocenters. The average molecular weight is 255 g/mol. The second kappa shape index (κ2) is 8.52. The van der Waals surface area contributed by atoms with Gasteiger partial charge in [0.15, 0.2) is 0 Å².